The number of amides is 1. The van der Waals surface area contributed by atoms with Gasteiger partial charge in [-0.15, -0.1) is 0 Å². The monoisotopic (exact) mass is 309 g/mol. The Labute approximate surface area is 121 Å². The fraction of sp³-hybridized carbons (Fsp3) is 0.231. The van der Waals surface area contributed by atoms with Crippen molar-refractivity contribution >= 4 is 15.9 Å². The molecule has 0 fully saturated rings. The molecular formula is C13H15N3O4S. The van der Waals surface area contributed by atoms with E-state index in [4.69, 9.17) is 5.73 Å². The Morgan fingerprint density at radius 2 is 1.76 bits per heavy atom. The highest BCUT2D eigenvalue weighted by molar-refractivity contribution is 7.90. The zero-order chi connectivity index (χ0) is 15.8. The molecule has 0 bridgehead atoms. The van der Waals surface area contributed by atoms with Crippen molar-refractivity contribution in [3.05, 3.63) is 52.2 Å². The van der Waals surface area contributed by atoms with E-state index in [0.29, 0.717) is 3.97 Å². The van der Waals surface area contributed by atoms with Gasteiger partial charge >= 0.3 is 5.69 Å². The molecule has 0 aliphatic rings. The summed E-state index contributed by atoms with van der Waals surface area (Å²) in [4.78, 5) is 23.1. The number of carbonyl (C=O) groups excluding carboxylic acids is 1. The van der Waals surface area contributed by atoms with E-state index in [1.807, 2.05) is 6.92 Å². The molecule has 112 valence electrons. The van der Waals surface area contributed by atoms with Crippen molar-refractivity contribution in [3.63, 3.8) is 0 Å². The van der Waals surface area contributed by atoms with Crippen LogP contribution < -0.4 is 11.4 Å². The van der Waals surface area contributed by atoms with Crippen molar-refractivity contribution in [1.82, 2.24) is 8.54 Å². The van der Waals surface area contributed by atoms with E-state index in [9.17, 15) is 18.0 Å². The molecule has 1 heterocycles. The highest BCUT2D eigenvalue weighted by Gasteiger charge is 2.23. The molecule has 0 unspecified atom stereocenters. The Morgan fingerprint density at radius 1 is 1.19 bits per heavy atom. The number of rotatable bonds is 4. The largest absolute Gasteiger partial charge is 0.368 e. The molecule has 0 spiro atoms. The number of hydrogen-bond acceptors (Lipinski definition) is 4. The van der Waals surface area contributed by atoms with Crippen LogP contribution in [0.3, 0.4) is 0 Å². The van der Waals surface area contributed by atoms with Crippen molar-refractivity contribution < 1.29 is 13.2 Å². The van der Waals surface area contributed by atoms with Crippen LogP contribution in [0.2, 0.25) is 0 Å². The lowest BCUT2D eigenvalue weighted by molar-refractivity contribution is -0.118. The Kier molecular flexibility index (Phi) is 3.73. The topological polar surface area (TPSA) is 104 Å². The molecular weight excluding hydrogens is 294 g/mol. The van der Waals surface area contributed by atoms with Crippen LogP contribution in [0, 0.1) is 13.8 Å². The molecule has 21 heavy (non-hydrogen) atoms. The Bertz CT molecular complexity index is 845. The normalized spacial score (nSPS) is 11.5. The molecule has 2 rings (SSSR count). The van der Waals surface area contributed by atoms with Crippen LogP contribution in [0.5, 0.6) is 0 Å². The van der Waals surface area contributed by atoms with Gasteiger partial charge in [-0.1, -0.05) is 17.7 Å². The molecule has 2 aromatic rings. The second-order valence-electron chi connectivity index (χ2n) is 4.73. The fourth-order valence-corrected chi connectivity index (χ4v) is 3.42. The van der Waals surface area contributed by atoms with Crippen molar-refractivity contribution in [3.8, 4) is 0 Å². The van der Waals surface area contributed by atoms with Crippen molar-refractivity contribution in [2.75, 3.05) is 0 Å². The first-order chi connectivity index (χ1) is 9.73. The molecule has 0 saturated heterocycles. The fourth-order valence-electron chi connectivity index (χ4n) is 1.99. The predicted octanol–water partition coefficient (Wildman–Crippen LogP) is -0.0111. The van der Waals surface area contributed by atoms with E-state index in [1.54, 1.807) is 12.1 Å². The summed E-state index contributed by atoms with van der Waals surface area (Å²) in [6.07, 6.45) is 1.29. The zero-order valence-corrected chi connectivity index (χ0v) is 12.4. The molecule has 1 aromatic heterocycles. The average molecular weight is 309 g/mol. The first-order valence-electron chi connectivity index (χ1n) is 6.13. The maximum Gasteiger partial charge on any atom is 0.342 e. The minimum Gasteiger partial charge on any atom is -0.368 e. The van der Waals surface area contributed by atoms with Gasteiger partial charge in [0, 0.05) is 6.20 Å². The summed E-state index contributed by atoms with van der Waals surface area (Å²) in [6.45, 7) is 2.94. The smallest absolute Gasteiger partial charge is 0.342 e. The van der Waals surface area contributed by atoms with Crippen LogP contribution >= 0.6 is 0 Å². The maximum atomic E-state index is 12.5. The second kappa shape index (κ2) is 5.21. The number of nitrogens with zero attached hydrogens (tertiary/aromatic N) is 2. The molecule has 8 heteroatoms. The summed E-state index contributed by atoms with van der Waals surface area (Å²) in [7, 11) is -4.00. The lowest BCUT2D eigenvalue weighted by Gasteiger charge is -2.06. The minimum atomic E-state index is -4.00. The van der Waals surface area contributed by atoms with Crippen LogP contribution in [0.25, 0.3) is 0 Å². The van der Waals surface area contributed by atoms with Gasteiger partial charge in [0.2, 0.25) is 5.91 Å². The van der Waals surface area contributed by atoms with Gasteiger partial charge in [-0.25, -0.2) is 13.2 Å². The molecule has 1 aromatic carbocycles. The quantitative estimate of drug-likeness (QED) is 0.857. The molecule has 0 saturated carbocycles. The Morgan fingerprint density at radius 3 is 2.29 bits per heavy atom. The number of primary amides is 1. The van der Waals surface area contributed by atoms with Gasteiger partial charge in [-0.2, -0.15) is 3.97 Å². The molecule has 7 nitrogen and oxygen atoms in total. The molecule has 2 N–H and O–H groups in total. The number of aromatic nitrogens is 2. The first-order valence-corrected chi connectivity index (χ1v) is 7.57. The summed E-state index contributed by atoms with van der Waals surface area (Å²) < 4.78 is 26.7. The third-order valence-electron chi connectivity index (χ3n) is 2.97. The maximum absolute atomic E-state index is 12.5. The lowest BCUT2D eigenvalue weighted by Crippen LogP contribution is -2.33. The van der Waals surface area contributed by atoms with Crippen LogP contribution in [0.1, 0.15) is 11.3 Å². The van der Waals surface area contributed by atoms with Crippen LogP contribution in [0.15, 0.2) is 40.2 Å². The minimum absolute atomic E-state index is 0.00938. The molecule has 0 atom stereocenters. The predicted molar refractivity (Wildman–Crippen MR) is 76.4 cm³/mol. The summed E-state index contributed by atoms with van der Waals surface area (Å²) in [5.74, 6) is -0.720. The van der Waals surface area contributed by atoms with Crippen molar-refractivity contribution in [2.45, 2.75) is 25.3 Å². The third-order valence-corrected chi connectivity index (χ3v) is 4.76. The number of nitrogens with two attached hydrogens (primary N) is 1. The van der Waals surface area contributed by atoms with Gasteiger partial charge in [-0.3, -0.25) is 9.36 Å². The molecule has 1 amide bonds. The summed E-state index contributed by atoms with van der Waals surface area (Å²) >= 11 is 0. The molecule has 0 aliphatic carbocycles. The van der Waals surface area contributed by atoms with Gasteiger partial charge in [0.25, 0.3) is 10.0 Å². The molecule has 0 radical (unpaired) electrons. The van der Waals surface area contributed by atoms with Gasteiger partial charge in [0.05, 0.1) is 10.6 Å². The summed E-state index contributed by atoms with van der Waals surface area (Å²) in [5.41, 5.74) is 5.34. The number of aryl methyl sites for hydroxylation is 2. The van der Waals surface area contributed by atoms with E-state index in [2.05, 4.69) is 0 Å². The van der Waals surface area contributed by atoms with Crippen LogP contribution in [0.4, 0.5) is 0 Å². The van der Waals surface area contributed by atoms with Gasteiger partial charge in [-0.05, 0) is 26.0 Å². The number of hydrogen-bond donors (Lipinski definition) is 1. The average Bonchev–Trinajstić information content (AvgIpc) is 2.64. The number of benzene rings is 1. The number of imidazole rings is 1. The standard InChI is InChI=1S/C13H15N3O4S/c1-9-3-5-11(6-4-9)21(19,20)16-10(2)7-15(13(16)18)8-12(14)17/h3-7H,8H2,1-2H3,(H2,14,17). The third kappa shape index (κ3) is 2.75. The SMILES string of the molecule is Cc1ccc(S(=O)(=O)n2c(C)cn(CC(N)=O)c2=O)cc1. The number of carbonyl (C=O) groups is 1. The van der Waals surface area contributed by atoms with E-state index in [-0.39, 0.29) is 17.1 Å². The van der Waals surface area contributed by atoms with Crippen molar-refractivity contribution in [2.24, 2.45) is 5.73 Å². The van der Waals surface area contributed by atoms with E-state index >= 15 is 0 Å². The van der Waals surface area contributed by atoms with E-state index < -0.39 is 21.6 Å². The van der Waals surface area contributed by atoms with Gasteiger partial charge in [0.15, 0.2) is 0 Å². The Balaban J connectivity index is 2.60. The van der Waals surface area contributed by atoms with Crippen LogP contribution in [-0.4, -0.2) is 22.9 Å². The highest BCUT2D eigenvalue weighted by Crippen LogP contribution is 2.14. The first kappa shape index (κ1) is 15.0. The zero-order valence-electron chi connectivity index (χ0n) is 11.6. The second-order valence-corrected chi connectivity index (χ2v) is 6.52. The van der Waals surface area contributed by atoms with Crippen LogP contribution in [-0.2, 0) is 21.4 Å². The van der Waals surface area contributed by atoms with E-state index in [0.717, 1.165) is 10.1 Å². The van der Waals surface area contributed by atoms with Crippen molar-refractivity contribution in [1.29, 1.82) is 0 Å². The lowest BCUT2D eigenvalue weighted by atomic mass is 10.2. The van der Waals surface area contributed by atoms with E-state index in [1.165, 1.54) is 25.3 Å². The van der Waals surface area contributed by atoms with Gasteiger partial charge < -0.3 is 5.73 Å². The Hall–Kier alpha value is -2.35. The summed E-state index contributed by atoms with van der Waals surface area (Å²) in [5, 5.41) is 0. The molecule has 0 aliphatic heterocycles. The summed E-state index contributed by atoms with van der Waals surface area (Å²) in [6, 6.07) is 6.16. The van der Waals surface area contributed by atoms with Gasteiger partial charge in [0.1, 0.15) is 6.54 Å². The highest BCUT2D eigenvalue weighted by atomic mass is 32.2.